The number of ketones is 2. The van der Waals surface area contributed by atoms with E-state index in [0.29, 0.717) is 53.3 Å². The van der Waals surface area contributed by atoms with Crippen molar-refractivity contribution in [2.24, 2.45) is 20.6 Å². The van der Waals surface area contributed by atoms with Crippen molar-refractivity contribution in [3.05, 3.63) is 104 Å². The van der Waals surface area contributed by atoms with Crippen LogP contribution in [0.4, 0.5) is 0 Å². The number of carbonyl (C=O) groups excluding carboxylic acids is 4. The summed E-state index contributed by atoms with van der Waals surface area (Å²) in [6, 6.07) is 13.0. The van der Waals surface area contributed by atoms with Crippen molar-refractivity contribution in [1.82, 2.24) is 0 Å². The van der Waals surface area contributed by atoms with Crippen LogP contribution in [0, 0.1) is 24.7 Å². The quantitative estimate of drug-likeness (QED) is 0.0217. The molecule has 0 aliphatic heterocycles. The predicted molar refractivity (Wildman–Crippen MR) is 264 cm³/mol. The molecule has 2 aliphatic rings. The molecule has 0 saturated heterocycles. The Morgan fingerprint density at radius 3 is 1.37 bits per heavy atom. The molecule has 0 aromatic heterocycles. The summed E-state index contributed by atoms with van der Waals surface area (Å²) < 4.78 is 20.0. The van der Waals surface area contributed by atoms with Crippen molar-refractivity contribution in [2.75, 3.05) is 54.1 Å². The van der Waals surface area contributed by atoms with Crippen LogP contribution < -0.4 is 9.47 Å². The topological polar surface area (TPSA) is 203 Å². The molecule has 17 heteroatoms. The number of Topliss-reactive ketones (excluding diaryl/α,β-unsaturated/α-hetero) is 2. The molecule has 2 aromatic rings. The Balaban J connectivity index is 0.000000557. The van der Waals surface area contributed by atoms with Crippen LogP contribution in [0.25, 0.3) is 0 Å². The Kier molecular flexibility index (Phi) is 26.5. The minimum Gasteiger partial charge on any atom is -0.481 e. The Morgan fingerprint density at radius 2 is 1.00 bits per heavy atom. The van der Waals surface area contributed by atoms with Gasteiger partial charge in [0.25, 0.3) is 0 Å². The molecule has 0 bridgehead atoms. The second-order valence-electron chi connectivity index (χ2n) is 14.7. The molecule has 0 spiro atoms. The maximum Gasteiger partial charge on any atom is 0.360 e. The monoisotopic (exact) mass is 956 g/mol. The fraction of sp³-hybridized carbons (Fsp3) is 0.373. The van der Waals surface area contributed by atoms with Gasteiger partial charge in [-0.1, -0.05) is 62.2 Å². The first kappa shape index (κ1) is 58.6. The molecule has 2 aliphatic carbocycles. The summed E-state index contributed by atoms with van der Waals surface area (Å²) in [5.41, 5.74) is 9.54. The number of terminal acetylenes is 2. The van der Waals surface area contributed by atoms with Crippen molar-refractivity contribution >= 4 is 58.0 Å². The highest BCUT2D eigenvalue weighted by Gasteiger charge is 2.27. The number of hydrogen-bond acceptors (Lipinski definition) is 16. The van der Waals surface area contributed by atoms with Gasteiger partial charge in [0.2, 0.25) is 11.6 Å². The Bertz CT molecular complexity index is 2440. The molecule has 0 atom stereocenters. The normalized spacial score (nSPS) is 14.1. The molecule has 68 heavy (non-hydrogen) atoms. The number of esters is 2. The largest absolute Gasteiger partial charge is 0.481 e. The number of carbonyl (C=O) groups is 4. The minimum absolute atomic E-state index is 0. The average Bonchev–Trinajstić information content (AvgIpc) is 3.34. The summed E-state index contributed by atoms with van der Waals surface area (Å²) >= 11 is 5.95. The van der Waals surface area contributed by atoms with Crippen molar-refractivity contribution < 1.29 is 57.8 Å². The number of allylic oxidation sites excluding steroid dienone is 5. The van der Waals surface area contributed by atoms with Crippen LogP contribution in [0.2, 0.25) is 0 Å². The highest BCUT2D eigenvalue weighted by Crippen LogP contribution is 2.33. The molecule has 1 N–H and O–H groups in total. The first-order valence-corrected chi connectivity index (χ1v) is 21.0. The van der Waals surface area contributed by atoms with Gasteiger partial charge in [-0.25, -0.2) is 9.59 Å². The number of halogens is 1. The molecule has 0 radical (unpaired) electrons. The predicted octanol–water partition coefficient (Wildman–Crippen LogP) is 9.07. The molecule has 2 aromatic carbocycles. The highest BCUT2D eigenvalue weighted by molar-refractivity contribution is 6.46. The molecular formula is C51H61ClN4O12. The highest BCUT2D eigenvalue weighted by atomic mass is 35.5. The van der Waals surface area contributed by atoms with Gasteiger partial charge in [-0.3, -0.25) is 9.59 Å². The van der Waals surface area contributed by atoms with E-state index in [0.717, 1.165) is 28.7 Å². The molecule has 0 fully saturated rings. The van der Waals surface area contributed by atoms with Crippen LogP contribution in [0.1, 0.15) is 95.4 Å². The van der Waals surface area contributed by atoms with Gasteiger partial charge in [-0.2, -0.15) is 0 Å². The number of ether oxygens (including phenoxy) is 4. The number of benzene rings is 2. The van der Waals surface area contributed by atoms with Crippen LogP contribution in [0.15, 0.2) is 114 Å². The second kappa shape index (κ2) is 30.7. The Morgan fingerprint density at radius 1 is 0.618 bits per heavy atom. The number of hydrogen-bond donors (Lipinski definition) is 1. The van der Waals surface area contributed by atoms with Crippen LogP contribution >= 0.6 is 11.6 Å². The first-order valence-electron chi connectivity index (χ1n) is 20.5. The summed E-state index contributed by atoms with van der Waals surface area (Å²) in [7, 11) is 5.38. The number of alkyl halides is 1. The van der Waals surface area contributed by atoms with Crippen LogP contribution in [-0.4, -0.2) is 106 Å². The van der Waals surface area contributed by atoms with Crippen molar-refractivity contribution in [3.8, 4) is 36.2 Å². The number of methoxy groups -OCH3 is 2. The van der Waals surface area contributed by atoms with Crippen LogP contribution in [0.5, 0.6) is 11.5 Å². The van der Waals surface area contributed by atoms with E-state index in [2.05, 4.69) is 39.4 Å². The van der Waals surface area contributed by atoms with Gasteiger partial charge in [-0.05, 0) is 138 Å². The van der Waals surface area contributed by atoms with Gasteiger partial charge in [-0.15, -0.1) is 24.4 Å². The van der Waals surface area contributed by atoms with E-state index < -0.39 is 11.9 Å². The van der Waals surface area contributed by atoms with E-state index in [1.165, 1.54) is 52.1 Å². The van der Waals surface area contributed by atoms with Gasteiger partial charge in [0.05, 0.1) is 14.2 Å². The van der Waals surface area contributed by atoms with Gasteiger partial charge in [0.1, 0.15) is 57.0 Å². The molecule has 364 valence electrons. The third-order valence-electron chi connectivity index (χ3n) is 10.1. The van der Waals surface area contributed by atoms with Crippen molar-refractivity contribution in [1.29, 1.82) is 0 Å². The molecule has 16 nitrogen and oxygen atoms in total. The number of rotatable bonds is 18. The standard InChI is InChI=1S/C25H28N2O6.C13H18ClNO3.C12H11NO3.CH4/c1-7-12-32-21-10-8-19(9-11-21)24(28)18(4)26-33-15-20-13-16(2)17(3)14-22(20)23(27-31-6)25(29)30-5;1-8-5-10(7-14)11(6-9(8)2)12(15-18-4)13(16)17-3;1-3-8-16-11-6-4-10(5-7-11)12(14)9(2)13-15;/h1,8-11H,12-15H2,2-6H3;5-7H2,1-4H3;1,4-7,15H,8H2,2H3;1H4/b26-18+,27-23+;15-12+;13-9+;. The molecule has 0 amide bonds. The summed E-state index contributed by atoms with van der Waals surface area (Å²) in [5, 5.41) is 22.9. The maximum absolute atomic E-state index is 12.6. The molecule has 0 saturated carbocycles. The first-order chi connectivity index (χ1) is 32.0. The van der Waals surface area contributed by atoms with E-state index in [1.54, 1.807) is 55.5 Å². The smallest absolute Gasteiger partial charge is 0.360 e. The van der Waals surface area contributed by atoms with Crippen LogP contribution in [0.3, 0.4) is 0 Å². The summed E-state index contributed by atoms with van der Waals surface area (Å²) in [6.07, 6.45) is 12.7. The zero-order chi connectivity index (χ0) is 50.1. The van der Waals surface area contributed by atoms with E-state index in [9.17, 15) is 19.2 Å². The van der Waals surface area contributed by atoms with E-state index in [-0.39, 0.29) is 61.7 Å². The zero-order valence-electron chi connectivity index (χ0n) is 39.5. The van der Waals surface area contributed by atoms with E-state index in [1.807, 2.05) is 20.8 Å². The van der Waals surface area contributed by atoms with Crippen molar-refractivity contribution in [3.63, 3.8) is 0 Å². The lowest BCUT2D eigenvalue weighted by atomic mass is 9.85. The molecular weight excluding hydrogens is 896 g/mol. The lowest BCUT2D eigenvalue weighted by Crippen LogP contribution is -2.23. The lowest BCUT2D eigenvalue weighted by molar-refractivity contribution is -0.133. The molecule has 4 rings (SSSR count). The minimum atomic E-state index is -0.596. The second-order valence-corrected chi connectivity index (χ2v) is 14.9. The van der Waals surface area contributed by atoms with E-state index in [4.69, 9.17) is 63.1 Å². The van der Waals surface area contributed by atoms with Crippen LogP contribution in [-0.2, 0) is 33.6 Å². The summed E-state index contributed by atoms with van der Waals surface area (Å²) in [5.74, 6) is 4.56. The third-order valence-corrected chi connectivity index (χ3v) is 10.5. The van der Waals surface area contributed by atoms with Crippen molar-refractivity contribution in [2.45, 2.75) is 74.7 Å². The van der Waals surface area contributed by atoms with Gasteiger partial charge >= 0.3 is 11.9 Å². The summed E-state index contributed by atoms with van der Waals surface area (Å²) in [6.45, 7) is 11.6. The SMILES string of the molecule is C.C#CCOc1ccc(C(=O)/C(C)=N/O)cc1.C#CCOc1ccc(C(=O)/C(C)=N/OCC2=C(/C(=N\OC)C(=O)OC)CC(C)=C(C)C2)cc1.CO/N=C(/C(=O)OC)C1=C(CCl)CC(C)=C(C)C1. The number of oxime groups is 4. The fourth-order valence-electron chi connectivity index (χ4n) is 6.18. The third kappa shape index (κ3) is 17.8. The number of nitrogens with zero attached hydrogens (tertiary/aromatic N) is 4. The molecule has 0 unspecified atom stereocenters. The Hall–Kier alpha value is -7.43. The fourth-order valence-corrected chi connectivity index (χ4v) is 6.44. The summed E-state index contributed by atoms with van der Waals surface area (Å²) in [4.78, 5) is 63.2. The average molecular weight is 958 g/mol. The van der Waals surface area contributed by atoms with E-state index >= 15 is 0 Å². The molecule has 0 heterocycles. The van der Waals surface area contributed by atoms with Gasteiger partial charge in [0.15, 0.2) is 11.4 Å². The lowest BCUT2D eigenvalue weighted by Gasteiger charge is -2.22. The van der Waals surface area contributed by atoms with Gasteiger partial charge in [0, 0.05) is 17.0 Å². The van der Waals surface area contributed by atoms with Gasteiger partial charge < -0.3 is 38.7 Å². The Labute approximate surface area is 404 Å². The maximum atomic E-state index is 12.6. The zero-order valence-corrected chi connectivity index (χ0v) is 40.3.